The number of hydrogen-bond acceptors (Lipinski definition) is 5. The van der Waals surface area contributed by atoms with Crippen LogP contribution in [0.3, 0.4) is 0 Å². The molecule has 1 heterocycles. The molecule has 2 aromatic rings. The van der Waals surface area contributed by atoms with Crippen LogP contribution in [0, 0.1) is 11.2 Å². The van der Waals surface area contributed by atoms with Crippen molar-refractivity contribution < 1.29 is 23.8 Å². The van der Waals surface area contributed by atoms with E-state index in [9.17, 15) is 9.18 Å². The summed E-state index contributed by atoms with van der Waals surface area (Å²) in [6.07, 6.45) is 1.85. The Bertz CT molecular complexity index is 843. The largest absolute Gasteiger partial charge is 0.491 e. The number of aliphatic hydroxyl groups excluding tert-OH is 1. The Balaban J connectivity index is 1.78. The Labute approximate surface area is 177 Å². The summed E-state index contributed by atoms with van der Waals surface area (Å²) in [5.41, 5.74) is 0.851. The molecule has 0 amide bonds. The number of halogens is 1. The van der Waals surface area contributed by atoms with Gasteiger partial charge in [0.05, 0.1) is 18.6 Å². The zero-order valence-electron chi connectivity index (χ0n) is 17.5. The monoisotopic (exact) mass is 415 g/mol. The van der Waals surface area contributed by atoms with Crippen molar-refractivity contribution in [3.63, 3.8) is 0 Å². The molecule has 1 aliphatic rings. The third-order valence-electron chi connectivity index (χ3n) is 5.52. The van der Waals surface area contributed by atoms with E-state index in [1.54, 1.807) is 25.1 Å². The highest BCUT2D eigenvalue weighted by Crippen LogP contribution is 2.36. The van der Waals surface area contributed by atoms with Gasteiger partial charge < -0.3 is 14.6 Å². The Morgan fingerprint density at radius 1 is 1.23 bits per heavy atom. The SMILES string of the molecule is CCOC(=O)C1(Cc2ccccc2F)CCCN(Cc2cccc(OCCO)c2)C1. The second kappa shape index (κ2) is 10.5. The van der Waals surface area contributed by atoms with Gasteiger partial charge in [0.1, 0.15) is 18.2 Å². The molecule has 0 aromatic heterocycles. The normalized spacial score (nSPS) is 19.4. The fourth-order valence-corrected chi connectivity index (χ4v) is 4.19. The maximum atomic E-state index is 14.4. The molecule has 3 rings (SSSR count). The molecule has 0 aliphatic carbocycles. The van der Waals surface area contributed by atoms with Gasteiger partial charge in [-0.1, -0.05) is 30.3 Å². The molecule has 0 spiro atoms. The van der Waals surface area contributed by atoms with Crippen LogP contribution < -0.4 is 4.74 Å². The van der Waals surface area contributed by atoms with Crippen LogP contribution in [0.15, 0.2) is 48.5 Å². The standard InChI is InChI=1S/C24H30FNO4/c1-2-29-23(28)24(16-20-8-3-4-10-22(20)25)11-6-12-26(18-24)17-19-7-5-9-21(15-19)30-14-13-27/h3-5,7-10,15,27H,2,6,11-14,16-18H2,1H3. The molecule has 1 saturated heterocycles. The number of carbonyl (C=O) groups is 1. The van der Waals surface area contributed by atoms with Crippen molar-refractivity contribution in [1.82, 2.24) is 4.90 Å². The summed E-state index contributed by atoms with van der Waals surface area (Å²) < 4.78 is 25.3. The third-order valence-corrected chi connectivity index (χ3v) is 5.52. The molecular formula is C24H30FNO4. The van der Waals surface area contributed by atoms with Crippen molar-refractivity contribution >= 4 is 5.97 Å². The third kappa shape index (κ3) is 5.58. The highest BCUT2D eigenvalue weighted by molar-refractivity contribution is 5.77. The first-order valence-corrected chi connectivity index (χ1v) is 10.5. The molecule has 0 bridgehead atoms. The van der Waals surface area contributed by atoms with Gasteiger partial charge in [-0.15, -0.1) is 0 Å². The van der Waals surface area contributed by atoms with Crippen LogP contribution in [0.2, 0.25) is 0 Å². The first-order chi connectivity index (χ1) is 14.6. The number of carbonyl (C=O) groups excluding carboxylic acids is 1. The molecule has 0 radical (unpaired) electrons. The second-order valence-corrected chi connectivity index (χ2v) is 7.80. The lowest BCUT2D eigenvalue weighted by Crippen LogP contribution is -2.49. The number of nitrogens with zero attached hydrogens (tertiary/aromatic N) is 1. The van der Waals surface area contributed by atoms with Crippen molar-refractivity contribution in [2.45, 2.75) is 32.7 Å². The second-order valence-electron chi connectivity index (χ2n) is 7.80. The number of ether oxygens (including phenoxy) is 2. The van der Waals surface area contributed by atoms with E-state index in [2.05, 4.69) is 4.90 Å². The van der Waals surface area contributed by atoms with Crippen LogP contribution in [0.1, 0.15) is 30.9 Å². The van der Waals surface area contributed by atoms with Crippen LogP contribution in [0.5, 0.6) is 5.75 Å². The molecule has 1 aliphatic heterocycles. The number of likely N-dealkylation sites (tertiary alicyclic amines) is 1. The molecule has 1 unspecified atom stereocenters. The van der Waals surface area contributed by atoms with Gasteiger partial charge in [-0.2, -0.15) is 0 Å². The van der Waals surface area contributed by atoms with Crippen LogP contribution >= 0.6 is 0 Å². The van der Waals surface area contributed by atoms with Crippen LogP contribution in [-0.2, 0) is 22.5 Å². The average molecular weight is 416 g/mol. The van der Waals surface area contributed by atoms with Crippen LogP contribution in [0.25, 0.3) is 0 Å². The minimum atomic E-state index is -0.762. The average Bonchev–Trinajstić information content (AvgIpc) is 2.75. The maximum absolute atomic E-state index is 14.4. The Morgan fingerprint density at radius 3 is 2.83 bits per heavy atom. The van der Waals surface area contributed by atoms with E-state index in [0.29, 0.717) is 43.9 Å². The topological polar surface area (TPSA) is 59.0 Å². The highest BCUT2D eigenvalue weighted by Gasteiger charge is 2.44. The van der Waals surface area contributed by atoms with Gasteiger partial charge in [-0.25, -0.2) is 4.39 Å². The summed E-state index contributed by atoms with van der Waals surface area (Å²) in [7, 11) is 0. The molecular weight excluding hydrogens is 385 g/mol. The van der Waals surface area contributed by atoms with Crippen molar-refractivity contribution in [3.8, 4) is 5.75 Å². The fourth-order valence-electron chi connectivity index (χ4n) is 4.19. The molecule has 30 heavy (non-hydrogen) atoms. The van der Waals surface area contributed by atoms with E-state index in [0.717, 1.165) is 18.5 Å². The lowest BCUT2D eigenvalue weighted by Gasteiger charge is -2.41. The number of aliphatic hydroxyl groups is 1. The summed E-state index contributed by atoms with van der Waals surface area (Å²) in [6.45, 7) is 4.36. The minimum absolute atomic E-state index is 0.0333. The zero-order chi connectivity index (χ0) is 21.4. The zero-order valence-corrected chi connectivity index (χ0v) is 17.5. The van der Waals surface area contributed by atoms with E-state index in [1.165, 1.54) is 6.07 Å². The predicted molar refractivity (Wildman–Crippen MR) is 113 cm³/mol. The van der Waals surface area contributed by atoms with Crippen molar-refractivity contribution in [2.75, 3.05) is 32.9 Å². The van der Waals surface area contributed by atoms with Gasteiger partial charge in [0, 0.05) is 13.1 Å². The van der Waals surface area contributed by atoms with Gasteiger partial charge in [-0.05, 0) is 62.1 Å². The summed E-state index contributed by atoms with van der Waals surface area (Å²) in [4.78, 5) is 15.2. The van der Waals surface area contributed by atoms with Gasteiger partial charge >= 0.3 is 5.97 Å². The van der Waals surface area contributed by atoms with Gasteiger partial charge in [-0.3, -0.25) is 9.69 Å². The summed E-state index contributed by atoms with van der Waals surface area (Å²) in [5.74, 6) is 0.173. The first kappa shape index (κ1) is 22.2. The Hall–Kier alpha value is -2.44. The van der Waals surface area contributed by atoms with Crippen molar-refractivity contribution in [2.24, 2.45) is 5.41 Å². The summed E-state index contributed by atoms with van der Waals surface area (Å²) in [5, 5.41) is 8.95. The molecule has 1 fully saturated rings. The number of benzene rings is 2. The van der Waals surface area contributed by atoms with E-state index in [-0.39, 0.29) is 25.0 Å². The highest BCUT2D eigenvalue weighted by atomic mass is 19.1. The number of rotatable bonds is 9. The van der Waals surface area contributed by atoms with Crippen molar-refractivity contribution in [3.05, 3.63) is 65.5 Å². The Morgan fingerprint density at radius 2 is 2.07 bits per heavy atom. The quantitative estimate of drug-likeness (QED) is 0.635. The molecule has 6 heteroatoms. The number of piperidine rings is 1. The molecule has 162 valence electrons. The lowest BCUT2D eigenvalue weighted by molar-refractivity contribution is -0.159. The fraction of sp³-hybridized carbons (Fsp3) is 0.458. The minimum Gasteiger partial charge on any atom is -0.491 e. The number of esters is 1. The first-order valence-electron chi connectivity index (χ1n) is 10.5. The molecule has 0 saturated carbocycles. The van der Waals surface area contributed by atoms with Crippen molar-refractivity contribution in [1.29, 1.82) is 0 Å². The van der Waals surface area contributed by atoms with E-state index in [1.807, 2.05) is 24.3 Å². The molecule has 1 N–H and O–H groups in total. The van der Waals surface area contributed by atoms with Gasteiger partial charge in [0.15, 0.2) is 0 Å². The maximum Gasteiger partial charge on any atom is 0.313 e. The van der Waals surface area contributed by atoms with Crippen LogP contribution in [-0.4, -0.2) is 48.9 Å². The summed E-state index contributed by atoms with van der Waals surface area (Å²) in [6, 6.07) is 14.4. The number of hydrogen-bond donors (Lipinski definition) is 1. The molecule has 2 aromatic carbocycles. The van der Waals surface area contributed by atoms with Gasteiger partial charge in [0.25, 0.3) is 0 Å². The Kier molecular flexibility index (Phi) is 7.82. The van der Waals surface area contributed by atoms with Gasteiger partial charge in [0.2, 0.25) is 0 Å². The molecule has 5 nitrogen and oxygen atoms in total. The smallest absolute Gasteiger partial charge is 0.313 e. The van der Waals surface area contributed by atoms with E-state index >= 15 is 0 Å². The lowest BCUT2D eigenvalue weighted by atomic mass is 9.75. The summed E-state index contributed by atoms with van der Waals surface area (Å²) >= 11 is 0. The van der Waals surface area contributed by atoms with Crippen LogP contribution in [0.4, 0.5) is 4.39 Å². The molecule has 1 atom stereocenters. The van der Waals surface area contributed by atoms with E-state index < -0.39 is 5.41 Å². The predicted octanol–water partition coefficient (Wildman–Crippen LogP) is 3.58. The van der Waals surface area contributed by atoms with E-state index in [4.69, 9.17) is 14.6 Å².